The van der Waals surface area contributed by atoms with Gasteiger partial charge in [-0.05, 0) is 18.5 Å². The van der Waals surface area contributed by atoms with E-state index in [2.05, 4.69) is 17.4 Å². The van der Waals surface area contributed by atoms with Crippen molar-refractivity contribution >= 4 is 0 Å². The summed E-state index contributed by atoms with van der Waals surface area (Å²) in [4.78, 5) is 0. The standard InChI is InChI=1S/C11H17NO/c1-2-12-11(9-13)8-10-6-4-3-5-7-10/h3-7,11-13H,2,8-9H2,1H3/t11-/m0/s1. The molecule has 13 heavy (non-hydrogen) atoms. The van der Waals surface area contributed by atoms with Crippen LogP contribution in [0.4, 0.5) is 0 Å². The largest absolute Gasteiger partial charge is 0.395 e. The molecule has 0 fully saturated rings. The molecule has 0 aliphatic heterocycles. The average Bonchev–Trinajstić information content (AvgIpc) is 2.19. The van der Waals surface area contributed by atoms with Gasteiger partial charge in [0.25, 0.3) is 0 Å². The fourth-order valence-electron chi connectivity index (χ4n) is 1.39. The van der Waals surface area contributed by atoms with Gasteiger partial charge in [-0.1, -0.05) is 37.3 Å². The Labute approximate surface area is 79.6 Å². The molecule has 0 aliphatic rings. The highest BCUT2D eigenvalue weighted by atomic mass is 16.3. The maximum absolute atomic E-state index is 9.06. The number of nitrogens with one attached hydrogen (secondary N) is 1. The van der Waals surface area contributed by atoms with Gasteiger partial charge in [0.05, 0.1) is 6.61 Å². The van der Waals surface area contributed by atoms with Gasteiger partial charge < -0.3 is 10.4 Å². The van der Waals surface area contributed by atoms with E-state index in [1.54, 1.807) is 0 Å². The lowest BCUT2D eigenvalue weighted by Crippen LogP contribution is -2.34. The predicted octanol–water partition coefficient (Wildman–Crippen LogP) is 1.20. The van der Waals surface area contributed by atoms with E-state index in [4.69, 9.17) is 5.11 Å². The van der Waals surface area contributed by atoms with E-state index >= 15 is 0 Å². The normalized spacial score (nSPS) is 12.8. The average molecular weight is 179 g/mol. The van der Waals surface area contributed by atoms with E-state index < -0.39 is 0 Å². The quantitative estimate of drug-likeness (QED) is 0.712. The van der Waals surface area contributed by atoms with Crippen molar-refractivity contribution in [1.82, 2.24) is 5.32 Å². The van der Waals surface area contributed by atoms with Crippen LogP contribution in [0.3, 0.4) is 0 Å². The Bertz CT molecular complexity index is 223. The van der Waals surface area contributed by atoms with Crippen LogP contribution < -0.4 is 5.32 Å². The summed E-state index contributed by atoms with van der Waals surface area (Å²) in [5.41, 5.74) is 1.27. The number of aliphatic hydroxyl groups excluding tert-OH is 1. The molecule has 1 aromatic rings. The van der Waals surface area contributed by atoms with Gasteiger partial charge in [-0.3, -0.25) is 0 Å². The number of rotatable bonds is 5. The van der Waals surface area contributed by atoms with Gasteiger partial charge in [0.2, 0.25) is 0 Å². The third-order valence-corrected chi connectivity index (χ3v) is 2.04. The lowest BCUT2D eigenvalue weighted by atomic mass is 10.1. The SMILES string of the molecule is CCN[C@H](CO)Cc1ccccc1. The van der Waals surface area contributed by atoms with Gasteiger partial charge in [-0.25, -0.2) is 0 Å². The molecular formula is C11H17NO. The van der Waals surface area contributed by atoms with Crippen LogP contribution in [-0.4, -0.2) is 24.3 Å². The predicted molar refractivity (Wildman–Crippen MR) is 54.7 cm³/mol. The lowest BCUT2D eigenvalue weighted by molar-refractivity contribution is 0.243. The van der Waals surface area contributed by atoms with Crippen molar-refractivity contribution < 1.29 is 5.11 Å². The van der Waals surface area contributed by atoms with Crippen LogP contribution in [0.25, 0.3) is 0 Å². The summed E-state index contributed by atoms with van der Waals surface area (Å²) in [6.45, 7) is 3.15. The van der Waals surface area contributed by atoms with Crippen LogP contribution >= 0.6 is 0 Å². The van der Waals surface area contributed by atoms with Crippen LogP contribution in [0.5, 0.6) is 0 Å². The minimum Gasteiger partial charge on any atom is -0.395 e. The van der Waals surface area contributed by atoms with Crippen LogP contribution in [0, 0.1) is 0 Å². The molecule has 0 saturated carbocycles. The number of likely N-dealkylation sites (N-methyl/N-ethyl adjacent to an activating group) is 1. The summed E-state index contributed by atoms with van der Waals surface area (Å²) in [5, 5.41) is 12.3. The van der Waals surface area contributed by atoms with Crippen molar-refractivity contribution in [1.29, 1.82) is 0 Å². The lowest BCUT2D eigenvalue weighted by Gasteiger charge is -2.14. The molecule has 1 atom stereocenters. The van der Waals surface area contributed by atoms with Gasteiger partial charge >= 0.3 is 0 Å². The number of hydrogen-bond acceptors (Lipinski definition) is 2. The Hall–Kier alpha value is -0.860. The first-order valence-corrected chi connectivity index (χ1v) is 4.75. The van der Waals surface area contributed by atoms with Gasteiger partial charge in [0, 0.05) is 6.04 Å². The first-order valence-electron chi connectivity index (χ1n) is 4.75. The number of hydrogen-bond donors (Lipinski definition) is 2. The van der Waals surface area contributed by atoms with Gasteiger partial charge in [-0.15, -0.1) is 0 Å². The summed E-state index contributed by atoms with van der Waals surface area (Å²) in [6, 6.07) is 10.4. The molecule has 0 aromatic heterocycles. The van der Waals surface area contributed by atoms with Crippen LogP contribution in [0.15, 0.2) is 30.3 Å². The van der Waals surface area contributed by atoms with E-state index in [1.807, 2.05) is 25.1 Å². The molecule has 2 nitrogen and oxygen atoms in total. The molecule has 2 N–H and O–H groups in total. The number of benzene rings is 1. The summed E-state index contributed by atoms with van der Waals surface area (Å²) in [7, 11) is 0. The van der Waals surface area contributed by atoms with E-state index in [1.165, 1.54) is 5.56 Å². The Kier molecular flexibility index (Phi) is 4.50. The van der Waals surface area contributed by atoms with Crippen molar-refractivity contribution in [2.24, 2.45) is 0 Å². The van der Waals surface area contributed by atoms with Gasteiger partial charge in [-0.2, -0.15) is 0 Å². The maximum atomic E-state index is 9.06. The van der Waals surface area contributed by atoms with E-state index in [9.17, 15) is 0 Å². The molecule has 2 heteroatoms. The van der Waals surface area contributed by atoms with Gasteiger partial charge in [0.1, 0.15) is 0 Å². The van der Waals surface area contributed by atoms with Crippen molar-refractivity contribution in [3.05, 3.63) is 35.9 Å². The fourth-order valence-corrected chi connectivity index (χ4v) is 1.39. The molecule has 0 unspecified atom stereocenters. The highest BCUT2D eigenvalue weighted by Gasteiger charge is 2.05. The van der Waals surface area contributed by atoms with Crippen LogP contribution in [0.1, 0.15) is 12.5 Å². The zero-order valence-corrected chi connectivity index (χ0v) is 8.03. The highest BCUT2D eigenvalue weighted by Crippen LogP contribution is 2.02. The Balaban J connectivity index is 2.46. The zero-order valence-electron chi connectivity index (χ0n) is 8.03. The van der Waals surface area contributed by atoms with E-state index in [-0.39, 0.29) is 12.6 Å². The topological polar surface area (TPSA) is 32.3 Å². The molecule has 72 valence electrons. The smallest absolute Gasteiger partial charge is 0.0587 e. The second-order valence-electron chi connectivity index (χ2n) is 3.13. The van der Waals surface area contributed by atoms with Crippen LogP contribution in [-0.2, 0) is 6.42 Å². The molecule has 0 radical (unpaired) electrons. The molecule has 0 spiro atoms. The molecule has 1 aromatic carbocycles. The first-order chi connectivity index (χ1) is 6.36. The fraction of sp³-hybridized carbons (Fsp3) is 0.455. The summed E-state index contributed by atoms with van der Waals surface area (Å²) < 4.78 is 0. The first kappa shape index (κ1) is 10.2. The van der Waals surface area contributed by atoms with Crippen molar-refractivity contribution in [2.45, 2.75) is 19.4 Å². The molecule has 0 heterocycles. The highest BCUT2D eigenvalue weighted by molar-refractivity contribution is 5.15. The van der Waals surface area contributed by atoms with Crippen LogP contribution in [0.2, 0.25) is 0 Å². The van der Waals surface area contributed by atoms with Crippen molar-refractivity contribution in [2.75, 3.05) is 13.2 Å². The van der Waals surface area contributed by atoms with Gasteiger partial charge in [0.15, 0.2) is 0 Å². The maximum Gasteiger partial charge on any atom is 0.0587 e. The second-order valence-corrected chi connectivity index (χ2v) is 3.13. The summed E-state index contributed by atoms with van der Waals surface area (Å²) in [6.07, 6.45) is 0.894. The molecular weight excluding hydrogens is 162 g/mol. The Morgan fingerprint density at radius 3 is 2.54 bits per heavy atom. The molecule has 0 bridgehead atoms. The van der Waals surface area contributed by atoms with E-state index in [0.717, 1.165) is 13.0 Å². The van der Waals surface area contributed by atoms with E-state index in [0.29, 0.717) is 0 Å². The third kappa shape index (κ3) is 3.57. The Morgan fingerprint density at radius 1 is 1.31 bits per heavy atom. The number of aliphatic hydroxyl groups is 1. The third-order valence-electron chi connectivity index (χ3n) is 2.04. The minimum absolute atomic E-state index is 0.187. The zero-order chi connectivity index (χ0) is 9.52. The summed E-state index contributed by atoms with van der Waals surface area (Å²) in [5.74, 6) is 0. The van der Waals surface area contributed by atoms with Crippen molar-refractivity contribution in [3.8, 4) is 0 Å². The monoisotopic (exact) mass is 179 g/mol. The molecule has 1 rings (SSSR count). The Morgan fingerprint density at radius 2 is 2.00 bits per heavy atom. The molecule has 0 amide bonds. The molecule has 0 aliphatic carbocycles. The summed E-state index contributed by atoms with van der Waals surface area (Å²) >= 11 is 0. The molecule has 0 saturated heterocycles. The minimum atomic E-state index is 0.187. The second kappa shape index (κ2) is 5.73. The van der Waals surface area contributed by atoms with Crippen molar-refractivity contribution in [3.63, 3.8) is 0 Å².